The SMILES string of the molecule is NC(=NCCC1CC2CCC1C2)N1CCOCC1. The number of hydrogen-bond donors (Lipinski definition) is 1. The van der Waals surface area contributed by atoms with Gasteiger partial charge in [-0.3, -0.25) is 4.99 Å². The first kappa shape index (κ1) is 12.3. The molecule has 2 aliphatic carbocycles. The molecule has 3 aliphatic rings. The quantitative estimate of drug-likeness (QED) is 0.610. The van der Waals surface area contributed by atoms with Gasteiger partial charge in [0.05, 0.1) is 13.2 Å². The summed E-state index contributed by atoms with van der Waals surface area (Å²) in [6.45, 7) is 4.26. The Labute approximate surface area is 110 Å². The van der Waals surface area contributed by atoms with E-state index in [4.69, 9.17) is 10.5 Å². The van der Waals surface area contributed by atoms with Gasteiger partial charge in [-0.25, -0.2) is 0 Å². The average molecular weight is 251 g/mol. The Hall–Kier alpha value is -0.770. The number of nitrogens with two attached hydrogens (primary N) is 1. The van der Waals surface area contributed by atoms with E-state index < -0.39 is 0 Å². The molecular weight excluding hydrogens is 226 g/mol. The standard InChI is InChI=1S/C14H25N3O/c15-14(17-5-7-18-8-6-17)16-4-3-13-10-11-1-2-12(13)9-11/h11-13H,1-10H2,(H2,15,16). The fraction of sp³-hybridized carbons (Fsp3) is 0.929. The lowest BCUT2D eigenvalue weighted by Crippen LogP contribution is -2.44. The summed E-state index contributed by atoms with van der Waals surface area (Å²) < 4.78 is 5.32. The van der Waals surface area contributed by atoms with Crippen molar-refractivity contribution in [3.63, 3.8) is 0 Å². The van der Waals surface area contributed by atoms with E-state index in [-0.39, 0.29) is 0 Å². The summed E-state index contributed by atoms with van der Waals surface area (Å²) in [5.74, 6) is 3.71. The zero-order valence-corrected chi connectivity index (χ0v) is 11.2. The maximum absolute atomic E-state index is 6.03. The maximum Gasteiger partial charge on any atom is 0.191 e. The van der Waals surface area contributed by atoms with Crippen LogP contribution in [-0.4, -0.2) is 43.7 Å². The minimum absolute atomic E-state index is 0.724. The van der Waals surface area contributed by atoms with Gasteiger partial charge < -0.3 is 15.4 Å². The van der Waals surface area contributed by atoms with Gasteiger partial charge in [0.2, 0.25) is 0 Å². The van der Waals surface area contributed by atoms with Crippen LogP contribution in [0.25, 0.3) is 0 Å². The van der Waals surface area contributed by atoms with Crippen LogP contribution in [0, 0.1) is 17.8 Å². The Morgan fingerprint density at radius 1 is 1.22 bits per heavy atom. The zero-order chi connectivity index (χ0) is 12.4. The summed E-state index contributed by atoms with van der Waals surface area (Å²) in [4.78, 5) is 6.70. The maximum atomic E-state index is 6.03. The predicted octanol–water partition coefficient (Wildman–Crippen LogP) is 1.46. The van der Waals surface area contributed by atoms with Crippen molar-refractivity contribution in [1.29, 1.82) is 0 Å². The van der Waals surface area contributed by atoms with Crippen molar-refractivity contribution >= 4 is 5.96 Å². The normalized spacial score (nSPS) is 36.3. The Kier molecular flexibility index (Phi) is 3.73. The molecular formula is C14H25N3O. The lowest BCUT2D eigenvalue weighted by Gasteiger charge is -2.27. The number of rotatable bonds is 3. The molecule has 0 aromatic heterocycles. The van der Waals surface area contributed by atoms with Crippen LogP contribution in [0.2, 0.25) is 0 Å². The van der Waals surface area contributed by atoms with Crippen LogP contribution in [0.1, 0.15) is 32.1 Å². The van der Waals surface area contributed by atoms with E-state index in [1.165, 1.54) is 32.1 Å². The number of fused-ring (bicyclic) bond motifs is 2. The molecule has 1 saturated heterocycles. The monoisotopic (exact) mass is 251 g/mol. The molecule has 3 rings (SSSR count). The molecule has 4 nitrogen and oxygen atoms in total. The highest BCUT2D eigenvalue weighted by Crippen LogP contribution is 2.49. The van der Waals surface area contributed by atoms with E-state index in [0.29, 0.717) is 0 Å². The van der Waals surface area contributed by atoms with Crippen molar-refractivity contribution in [3.05, 3.63) is 0 Å². The number of hydrogen-bond acceptors (Lipinski definition) is 2. The molecule has 0 aromatic rings. The van der Waals surface area contributed by atoms with Crippen molar-refractivity contribution in [3.8, 4) is 0 Å². The molecule has 0 spiro atoms. The molecule has 18 heavy (non-hydrogen) atoms. The molecule has 2 N–H and O–H groups in total. The third-order valence-corrected chi connectivity index (χ3v) is 4.99. The van der Waals surface area contributed by atoms with E-state index in [2.05, 4.69) is 9.89 Å². The van der Waals surface area contributed by atoms with Crippen molar-refractivity contribution in [2.24, 2.45) is 28.5 Å². The first-order chi connectivity index (χ1) is 8.83. The molecule has 0 aromatic carbocycles. The number of aliphatic imine (C=N–C) groups is 1. The van der Waals surface area contributed by atoms with Crippen molar-refractivity contribution < 1.29 is 4.74 Å². The van der Waals surface area contributed by atoms with Crippen LogP contribution >= 0.6 is 0 Å². The van der Waals surface area contributed by atoms with Crippen LogP contribution in [0.3, 0.4) is 0 Å². The second-order valence-electron chi connectivity index (χ2n) is 6.06. The Morgan fingerprint density at radius 3 is 2.72 bits per heavy atom. The average Bonchev–Trinajstić information content (AvgIpc) is 3.02. The number of nitrogens with zero attached hydrogens (tertiary/aromatic N) is 2. The third kappa shape index (κ3) is 2.63. The molecule has 102 valence electrons. The van der Waals surface area contributed by atoms with Crippen molar-refractivity contribution in [2.45, 2.75) is 32.1 Å². The fourth-order valence-corrected chi connectivity index (χ4v) is 3.97. The summed E-state index contributed by atoms with van der Waals surface area (Å²) in [7, 11) is 0. The minimum atomic E-state index is 0.724. The van der Waals surface area contributed by atoms with Gasteiger partial charge in [0.15, 0.2) is 5.96 Å². The Bertz CT molecular complexity index is 312. The number of ether oxygens (including phenoxy) is 1. The molecule has 2 bridgehead atoms. The van der Waals surface area contributed by atoms with Gasteiger partial charge in [-0.15, -0.1) is 0 Å². The van der Waals surface area contributed by atoms with Crippen LogP contribution in [0.15, 0.2) is 4.99 Å². The summed E-state index contributed by atoms with van der Waals surface area (Å²) in [6.07, 6.45) is 7.15. The van der Waals surface area contributed by atoms with E-state index in [0.717, 1.165) is 56.6 Å². The zero-order valence-electron chi connectivity index (χ0n) is 11.2. The Balaban J connectivity index is 1.42. The van der Waals surface area contributed by atoms with Crippen LogP contribution < -0.4 is 5.73 Å². The molecule has 0 radical (unpaired) electrons. The van der Waals surface area contributed by atoms with Gasteiger partial charge in [0, 0.05) is 19.6 Å². The first-order valence-corrected chi connectivity index (χ1v) is 7.45. The van der Waals surface area contributed by atoms with E-state index >= 15 is 0 Å². The molecule has 1 aliphatic heterocycles. The van der Waals surface area contributed by atoms with E-state index in [1.807, 2.05) is 0 Å². The topological polar surface area (TPSA) is 50.8 Å². The van der Waals surface area contributed by atoms with Crippen LogP contribution in [0.4, 0.5) is 0 Å². The number of guanidine groups is 1. The first-order valence-electron chi connectivity index (χ1n) is 7.45. The van der Waals surface area contributed by atoms with Gasteiger partial charge in [-0.1, -0.05) is 6.42 Å². The highest BCUT2D eigenvalue weighted by atomic mass is 16.5. The fourth-order valence-electron chi connectivity index (χ4n) is 3.97. The van der Waals surface area contributed by atoms with Gasteiger partial charge in [-0.2, -0.15) is 0 Å². The number of morpholine rings is 1. The second-order valence-corrected chi connectivity index (χ2v) is 6.06. The molecule has 4 heteroatoms. The van der Waals surface area contributed by atoms with Gasteiger partial charge in [-0.05, 0) is 43.4 Å². The molecule has 0 amide bonds. The van der Waals surface area contributed by atoms with Crippen LogP contribution in [-0.2, 0) is 4.74 Å². The smallest absolute Gasteiger partial charge is 0.191 e. The van der Waals surface area contributed by atoms with Crippen molar-refractivity contribution in [2.75, 3.05) is 32.8 Å². The van der Waals surface area contributed by atoms with Gasteiger partial charge >= 0.3 is 0 Å². The predicted molar refractivity (Wildman–Crippen MR) is 72.4 cm³/mol. The van der Waals surface area contributed by atoms with E-state index in [1.54, 1.807) is 0 Å². The summed E-state index contributed by atoms with van der Waals surface area (Å²) in [6, 6.07) is 0. The lowest BCUT2D eigenvalue weighted by atomic mass is 9.86. The molecule has 3 atom stereocenters. The highest BCUT2D eigenvalue weighted by Gasteiger charge is 2.38. The third-order valence-electron chi connectivity index (χ3n) is 4.99. The molecule has 2 saturated carbocycles. The van der Waals surface area contributed by atoms with E-state index in [9.17, 15) is 0 Å². The summed E-state index contributed by atoms with van der Waals surface area (Å²) >= 11 is 0. The van der Waals surface area contributed by atoms with Crippen molar-refractivity contribution in [1.82, 2.24) is 4.90 Å². The largest absolute Gasteiger partial charge is 0.378 e. The Morgan fingerprint density at radius 2 is 2.06 bits per heavy atom. The lowest BCUT2D eigenvalue weighted by molar-refractivity contribution is 0.0674. The molecule has 3 unspecified atom stereocenters. The highest BCUT2D eigenvalue weighted by molar-refractivity contribution is 5.78. The second kappa shape index (κ2) is 5.47. The van der Waals surface area contributed by atoms with Gasteiger partial charge in [0.25, 0.3) is 0 Å². The molecule has 1 heterocycles. The summed E-state index contributed by atoms with van der Waals surface area (Å²) in [5, 5.41) is 0. The van der Waals surface area contributed by atoms with Gasteiger partial charge in [0.1, 0.15) is 0 Å². The van der Waals surface area contributed by atoms with Crippen LogP contribution in [0.5, 0.6) is 0 Å². The molecule has 3 fully saturated rings. The summed E-state index contributed by atoms with van der Waals surface area (Å²) in [5.41, 5.74) is 6.03. The minimum Gasteiger partial charge on any atom is -0.378 e.